The molecule has 0 saturated heterocycles. The summed E-state index contributed by atoms with van der Waals surface area (Å²) >= 11 is 0. The van der Waals surface area contributed by atoms with Gasteiger partial charge in [0.15, 0.2) is 0 Å². The van der Waals surface area contributed by atoms with Gasteiger partial charge in [0.2, 0.25) is 0 Å². The third-order valence-electron chi connectivity index (χ3n) is 2.71. The Bertz CT molecular complexity index is 468. The Hall–Kier alpha value is -1.80. The lowest BCUT2D eigenvalue weighted by Crippen LogP contribution is -2.20. The fraction of sp³-hybridized carbons (Fsp3) is 0.250. The van der Waals surface area contributed by atoms with E-state index >= 15 is 0 Å². The zero-order valence-corrected chi connectivity index (χ0v) is 10.7. The Balaban J connectivity index is 1.65. The van der Waals surface area contributed by atoms with Crippen LogP contribution >= 0.6 is 0 Å². The van der Waals surface area contributed by atoms with E-state index in [0.717, 1.165) is 18.8 Å². The van der Waals surface area contributed by atoms with E-state index in [1.165, 1.54) is 11.1 Å². The highest BCUT2D eigenvalue weighted by Crippen LogP contribution is 2.11. The molecule has 0 unspecified atom stereocenters. The minimum atomic E-state index is 0.691. The molecule has 2 rings (SSSR count). The van der Waals surface area contributed by atoms with Gasteiger partial charge in [-0.2, -0.15) is 0 Å². The van der Waals surface area contributed by atoms with Crippen molar-refractivity contribution in [3.05, 3.63) is 65.7 Å². The van der Waals surface area contributed by atoms with E-state index in [1.807, 2.05) is 18.2 Å². The molecular weight excluding hydrogens is 222 g/mol. The van der Waals surface area contributed by atoms with Gasteiger partial charge in [0.25, 0.3) is 0 Å². The summed E-state index contributed by atoms with van der Waals surface area (Å²) in [5.41, 5.74) is 2.53. The van der Waals surface area contributed by atoms with Crippen molar-refractivity contribution in [3.63, 3.8) is 0 Å². The van der Waals surface area contributed by atoms with Crippen LogP contribution in [0, 0.1) is 6.92 Å². The summed E-state index contributed by atoms with van der Waals surface area (Å²) in [6.07, 6.45) is 0. The van der Waals surface area contributed by atoms with Gasteiger partial charge in [0.05, 0.1) is 0 Å². The Morgan fingerprint density at radius 1 is 1.00 bits per heavy atom. The van der Waals surface area contributed by atoms with Gasteiger partial charge in [-0.3, -0.25) is 0 Å². The largest absolute Gasteiger partial charge is 0.492 e. The maximum Gasteiger partial charge on any atom is 0.119 e. The molecule has 0 amide bonds. The molecule has 1 N–H and O–H groups in total. The highest BCUT2D eigenvalue weighted by atomic mass is 16.5. The van der Waals surface area contributed by atoms with Crippen LogP contribution in [0.25, 0.3) is 0 Å². The van der Waals surface area contributed by atoms with Gasteiger partial charge in [-0.05, 0) is 30.2 Å². The summed E-state index contributed by atoms with van der Waals surface area (Å²) in [5, 5.41) is 3.36. The summed E-state index contributed by atoms with van der Waals surface area (Å²) < 4.78 is 5.66. The number of aryl methyl sites for hydroxylation is 1. The number of ether oxygens (including phenoxy) is 1. The average molecular weight is 241 g/mol. The van der Waals surface area contributed by atoms with Crippen molar-refractivity contribution in [2.45, 2.75) is 13.5 Å². The molecule has 0 spiro atoms. The van der Waals surface area contributed by atoms with E-state index in [2.05, 4.69) is 48.6 Å². The summed E-state index contributed by atoms with van der Waals surface area (Å²) in [7, 11) is 0. The van der Waals surface area contributed by atoms with E-state index in [-0.39, 0.29) is 0 Å². The second-order valence-electron chi connectivity index (χ2n) is 4.33. The molecule has 0 heterocycles. The molecule has 94 valence electrons. The second-order valence-corrected chi connectivity index (χ2v) is 4.33. The lowest BCUT2D eigenvalue weighted by atomic mass is 10.2. The van der Waals surface area contributed by atoms with Crippen LogP contribution < -0.4 is 10.1 Å². The standard InChI is InChI=1S/C16H19NO/c1-14-6-5-9-16(12-14)18-11-10-17-13-15-7-3-2-4-8-15/h2-9,12,17H,10-11,13H2,1H3. The highest BCUT2D eigenvalue weighted by molar-refractivity contribution is 5.27. The molecule has 0 bridgehead atoms. The summed E-state index contributed by atoms with van der Waals surface area (Å²) in [5.74, 6) is 0.941. The normalized spacial score (nSPS) is 10.3. The van der Waals surface area contributed by atoms with Crippen LogP contribution in [0.1, 0.15) is 11.1 Å². The SMILES string of the molecule is Cc1cccc(OCCNCc2ccccc2)c1. The van der Waals surface area contributed by atoms with E-state index in [4.69, 9.17) is 4.74 Å². The highest BCUT2D eigenvalue weighted by Gasteiger charge is 1.94. The molecule has 0 aliphatic heterocycles. The molecule has 0 fully saturated rings. The maximum absolute atomic E-state index is 5.66. The molecule has 18 heavy (non-hydrogen) atoms. The van der Waals surface area contributed by atoms with Crippen molar-refractivity contribution >= 4 is 0 Å². The topological polar surface area (TPSA) is 21.3 Å². The van der Waals surface area contributed by atoms with Crippen molar-refractivity contribution in [1.82, 2.24) is 5.32 Å². The molecule has 0 atom stereocenters. The number of benzene rings is 2. The zero-order chi connectivity index (χ0) is 12.6. The van der Waals surface area contributed by atoms with Crippen LogP contribution in [0.4, 0.5) is 0 Å². The quantitative estimate of drug-likeness (QED) is 0.784. The van der Waals surface area contributed by atoms with E-state index < -0.39 is 0 Å². The van der Waals surface area contributed by atoms with Crippen LogP contribution in [-0.2, 0) is 6.54 Å². The molecule has 2 nitrogen and oxygen atoms in total. The van der Waals surface area contributed by atoms with Crippen LogP contribution in [0.5, 0.6) is 5.75 Å². The fourth-order valence-corrected chi connectivity index (χ4v) is 1.77. The molecular formula is C16H19NO. The number of nitrogens with one attached hydrogen (secondary N) is 1. The summed E-state index contributed by atoms with van der Waals surface area (Å²) in [6, 6.07) is 18.5. The van der Waals surface area contributed by atoms with Crippen molar-refractivity contribution in [2.24, 2.45) is 0 Å². The number of rotatable bonds is 6. The van der Waals surface area contributed by atoms with Crippen molar-refractivity contribution in [3.8, 4) is 5.75 Å². The van der Waals surface area contributed by atoms with Gasteiger partial charge in [-0.1, -0.05) is 42.5 Å². The first-order valence-corrected chi connectivity index (χ1v) is 6.29. The molecule has 2 aromatic carbocycles. The van der Waals surface area contributed by atoms with Gasteiger partial charge in [-0.15, -0.1) is 0 Å². The maximum atomic E-state index is 5.66. The van der Waals surface area contributed by atoms with Gasteiger partial charge < -0.3 is 10.1 Å². The molecule has 2 heteroatoms. The Labute approximate surface area is 109 Å². The van der Waals surface area contributed by atoms with Gasteiger partial charge >= 0.3 is 0 Å². The Kier molecular flexibility index (Phi) is 4.79. The third-order valence-corrected chi connectivity index (χ3v) is 2.71. The smallest absolute Gasteiger partial charge is 0.119 e. The lowest BCUT2D eigenvalue weighted by molar-refractivity contribution is 0.313. The molecule has 0 aromatic heterocycles. The van der Waals surface area contributed by atoms with Crippen LogP contribution in [0.15, 0.2) is 54.6 Å². The minimum absolute atomic E-state index is 0.691. The minimum Gasteiger partial charge on any atom is -0.492 e. The first-order valence-electron chi connectivity index (χ1n) is 6.29. The molecule has 0 aliphatic rings. The molecule has 0 aliphatic carbocycles. The molecule has 0 saturated carbocycles. The molecule has 0 radical (unpaired) electrons. The Morgan fingerprint density at radius 3 is 2.61 bits per heavy atom. The van der Waals surface area contributed by atoms with Gasteiger partial charge in [0.1, 0.15) is 12.4 Å². The third kappa shape index (κ3) is 4.22. The van der Waals surface area contributed by atoms with Crippen LogP contribution in [0.2, 0.25) is 0 Å². The number of hydrogen-bond donors (Lipinski definition) is 1. The number of hydrogen-bond acceptors (Lipinski definition) is 2. The first-order chi connectivity index (χ1) is 8.84. The van der Waals surface area contributed by atoms with Gasteiger partial charge in [0, 0.05) is 13.1 Å². The van der Waals surface area contributed by atoms with Crippen molar-refractivity contribution in [1.29, 1.82) is 0 Å². The monoisotopic (exact) mass is 241 g/mol. The van der Waals surface area contributed by atoms with Crippen LogP contribution in [0.3, 0.4) is 0 Å². The molecule has 2 aromatic rings. The van der Waals surface area contributed by atoms with E-state index in [0.29, 0.717) is 6.61 Å². The first kappa shape index (κ1) is 12.7. The van der Waals surface area contributed by atoms with Crippen LogP contribution in [-0.4, -0.2) is 13.2 Å². The van der Waals surface area contributed by atoms with Crippen molar-refractivity contribution in [2.75, 3.05) is 13.2 Å². The van der Waals surface area contributed by atoms with Crippen molar-refractivity contribution < 1.29 is 4.74 Å². The summed E-state index contributed by atoms with van der Waals surface area (Å²) in [6.45, 7) is 4.50. The van der Waals surface area contributed by atoms with E-state index in [1.54, 1.807) is 0 Å². The van der Waals surface area contributed by atoms with Gasteiger partial charge in [-0.25, -0.2) is 0 Å². The van der Waals surface area contributed by atoms with E-state index in [9.17, 15) is 0 Å². The fourth-order valence-electron chi connectivity index (χ4n) is 1.77. The zero-order valence-electron chi connectivity index (χ0n) is 10.7. The predicted molar refractivity (Wildman–Crippen MR) is 74.8 cm³/mol. The average Bonchev–Trinajstić information content (AvgIpc) is 2.40. The Morgan fingerprint density at radius 2 is 1.83 bits per heavy atom. The summed E-state index contributed by atoms with van der Waals surface area (Å²) in [4.78, 5) is 0. The predicted octanol–water partition coefficient (Wildman–Crippen LogP) is 3.16. The second kappa shape index (κ2) is 6.82. The lowest BCUT2D eigenvalue weighted by Gasteiger charge is -2.08.